The van der Waals surface area contributed by atoms with Crippen LogP contribution in [0.5, 0.6) is 0 Å². The van der Waals surface area contributed by atoms with Crippen LogP contribution in [0.1, 0.15) is 34.1 Å². The summed E-state index contributed by atoms with van der Waals surface area (Å²) in [5.41, 5.74) is 0. The minimum atomic E-state index is -0.0722. The minimum absolute atomic E-state index is 0.0722. The van der Waals surface area contributed by atoms with Gasteiger partial charge in [-0.2, -0.15) is 0 Å². The zero-order chi connectivity index (χ0) is 13.0. The highest BCUT2D eigenvalue weighted by atomic mass is 16.2. The van der Waals surface area contributed by atoms with Crippen molar-refractivity contribution in [3.63, 3.8) is 0 Å². The first kappa shape index (κ1) is 14.5. The molecule has 0 aromatic carbocycles. The molecule has 1 aliphatic heterocycles. The second-order valence-corrected chi connectivity index (χ2v) is 5.32. The summed E-state index contributed by atoms with van der Waals surface area (Å²) < 4.78 is 0. The van der Waals surface area contributed by atoms with Gasteiger partial charge in [0.1, 0.15) is 0 Å². The summed E-state index contributed by atoms with van der Waals surface area (Å²) in [6, 6.07) is 0.991. The lowest BCUT2D eigenvalue weighted by Crippen LogP contribution is -2.48. The Hall–Kier alpha value is -0.610. The van der Waals surface area contributed by atoms with E-state index in [1.165, 1.54) is 0 Å². The first-order valence-electron chi connectivity index (χ1n) is 6.70. The van der Waals surface area contributed by atoms with Crippen LogP contribution in [0, 0.1) is 0 Å². The van der Waals surface area contributed by atoms with Crippen LogP contribution in [0.3, 0.4) is 0 Å². The predicted octanol–water partition coefficient (Wildman–Crippen LogP) is 0.926. The van der Waals surface area contributed by atoms with E-state index in [-0.39, 0.29) is 11.9 Å². The van der Waals surface area contributed by atoms with Crippen molar-refractivity contribution in [1.82, 2.24) is 15.1 Å². The molecule has 0 aromatic rings. The lowest BCUT2D eigenvalue weighted by atomic mass is 10.2. The van der Waals surface area contributed by atoms with Crippen LogP contribution in [0.15, 0.2) is 0 Å². The van der Waals surface area contributed by atoms with Crippen molar-refractivity contribution in [2.45, 2.75) is 52.2 Å². The smallest absolute Gasteiger partial charge is 0.239 e. The third-order valence-corrected chi connectivity index (χ3v) is 3.66. The van der Waals surface area contributed by atoms with Crippen molar-refractivity contribution in [3.8, 4) is 0 Å². The Labute approximate surface area is 105 Å². The molecule has 0 radical (unpaired) electrons. The first-order chi connectivity index (χ1) is 7.95. The maximum Gasteiger partial charge on any atom is 0.239 e. The minimum Gasteiger partial charge on any atom is -0.345 e. The van der Waals surface area contributed by atoms with Crippen molar-refractivity contribution >= 4 is 5.91 Å². The molecule has 1 amide bonds. The highest BCUT2D eigenvalue weighted by molar-refractivity contribution is 5.81. The number of carbonyl (C=O) groups excluding carboxylic acids is 1. The fourth-order valence-electron chi connectivity index (χ4n) is 2.30. The van der Waals surface area contributed by atoms with Crippen molar-refractivity contribution in [1.29, 1.82) is 0 Å². The third kappa shape index (κ3) is 3.96. The molecule has 1 fully saturated rings. The molecule has 0 saturated carbocycles. The van der Waals surface area contributed by atoms with Gasteiger partial charge in [0, 0.05) is 32.2 Å². The molecule has 2 atom stereocenters. The molecule has 1 rings (SSSR count). The van der Waals surface area contributed by atoms with Gasteiger partial charge < -0.3 is 10.2 Å². The van der Waals surface area contributed by atoms with Gasteiger partial charge in [0.2, 0.25) is 5.91 Å². The molecular formula is C13H27N3O. The first-order valence-corrected chi connectivity index (χ1v) is 6.70. The number of hydrogen-bond donors (Lipinski definition) is 1. The van der Waals surface area contributed by atoms with Gasteiger partial charge >= 0.3 is 0 Å². The Balaban J connectivity index is 2.38. The summed E-state index contributed by atoms with van der Waals surface area (Å²) in [7, 11) is 1.86. The van der Waals surface area contributed by atoms with Crippen molar-refractivity contribution in [2.75, 3.05) is 26.7 Å². The molecular weight excluding hydrogens is 214 g/mol. The average Bonchev–Trinajstić information content (AvgIpc) is 2.75. The Morgan fingerprint density at radius 2 is 2.12 bits per heavy atom. The molecule has 0 aromatic heterocycles. The fourth-order valence-corrected chi connectivity index (χ4v) is 2.30. The van der Waals surface area contributed by atoms with E-state index in [2.05, 4.69) is 24.1 Å². The molecule has 1 aliphatic rings. The number of nitrogens with zero attached hydrogens (tertiary/aromatic N) is 2. The van der Waals surface area contributed by atoms with Crippen molar-refractivity contribution in [2.24, 2.45) is 0 Å². The third-order valence-electron chi connectivity index (χ3n) is 3.66. The van der Waals surface area contributed by atoms with Gasteiger partial charge in [0.25, 0.3) is 0 Å². The van der Waals surface area contributed by atoms with Crippen LogP contribution in [0.2, 0.25) is 0 Å². The predicted molar refractivity (Wildman–Crippen MR) is 71.0 cm³/mol. The lowest BCUT2D eigenvalue weighted by Gasteiger charge is -2.24. The van der Waals surface area contributed by atoms with Crippen LogP contribution >= 0.6 is 0 Å². The molecule has 4 nitrogen and oxygen atoms in total. The van der Waals surface area contributed by atoms with Crippen LogP contribution in [0.4, 0.5) is 0 Å². The number of nitrogens with one attached hydrogen (secondary N) is 1. The zero-order valence-corrected chi connectivity index (χ0v) is 11.9. The second kappa shape index (κ2) is 6.36. The van der Waals surface area contributed by atoms with E-state index in [1.54, 1.807) is 4.90 Å². The second-order valence-electron chi connectivity index (χ2n) is 5.32. The fraction of sp³-hybridized carbons (Fsp3) is 0.923. The van der Waals surface area contributed by atoms with Crippen molar-refractivity contribution < 1.29 is 4.79 Å². The number of likely N-dealkylation sites (N-methyl/N-ethyl adjacent to an activating group) is 1. The molecule has 17 heavy (non-hydrogen) atoms. The van der Waals surface area contributed by atoms with Crippen LogP contribution in [-0.4, -0.2) is 60.5 Å². The van der Waals surface area contributed by atoms with E-state index in [4.69, 9.17) is 0 Å². The topological polar surface area (TPSA) is 35.6 Å². The quantitative estimate of drug-likeness (QED) is 0.777. The summed E-state index contributed by atoms with van der Waals surface area (Å²) in [5.74, 6) is 0.190. The molecule has 0 spiro atoms. The highest BCUT2D eigenvalue weighted by Crippen LogP contribution is 2.13. The summed E-state index contributed by atoms with van der Waals surface area (Å²) in [6.45, 7) is 11.4. The van der Waals surface area contributed by atoms with Gasteiger partial charge in [0.15, 0.2) is 0 Å². The molecule has 0 bridgehead atoms. The highest BCUT2D eigenvalue weighted by Gasteiger charge is 2.27. The Morgan fingerprint density at radius 3 is 2.59 bits per heavy atom. The number of amides is 1. The largest absolute Gasteiger partial charge is 0.345 e. The molecule has 1 saturated heterocycles. The van der Waals surface area contributed by atoms with E-state index in [0.717, 1.165) is 26.1 Å². The van der Waals surface area contributed by atoms with E-state index in [9.17, 15) is 4.79 Å². The monoisotopic (exact) mass is 241 g/mol. The molecule has 0 aliphatic carbocycles. The number of carbonyl (C=O) groups is 1. The lowest BCUT2D eigenvalue weighted by molar-refractivity contribution is -0.131. The summed E-state index contributed by atoms with van der Waals surface area (Å²) in [4.78, 5) is 16.2. The van der Waals surface area contributed by atoms with Crippen LogP contribution in [0.25, 0.3) is 0 Å². The molecule has 1 heterocycles. The number of likely N-dealkylation sites (tertiary alicyclic amines) is 1. The standard InChI is InChI=1S/C13H27N3O/c1-6-15(5)13(17)11(4)14-12-7-8-16(9-12)10(2)3/h10-12,14H,6-9H2,1-5H3. The molecule has 100 valence electrons. The van der Waals surface area contributed by atoms with Gasteiger partial charge in [-0.3, -0.25) is 9.69 Å². The van der Waals surface area contributed by atoms with Gasteiger partial charge in [-0.1, -0.05) is 0 Å². The Kier molecular flexibility index (Phi) is 5.40. The van der Waals surface area contributed by atoms with E-state index >= 15 is 0 Å². The van der Waals surface area contributed by atoms with E-state index in [0.29, 0.717) is 12.1 Å². The van der Waals surface area contributed by atoms with Gasteiger partial charge in [-0.05, 0) is 40.7 Å². The summed E-state index contributed by atoms with van der Waals surface area (Å²) in [5, 5.41) is 3.45. The van der Waals surface area contributed by atoms with Gasteiger partial charge in [-0.25, -0.2) is 0 Å². The van der Waals surface area contributed by atoms with E-state index < -0.39 is 0 Å². The summed E-state index contributed by atoms with van der Waals surface area (Å²) in [6.07, 6.45) is 1.14. The molecule has 1 N–H and O–H groups in total. The van der Waals surface area contributed by atoms with Crippen molar-refractivity contribution in [3.05, 3.63) is 0 Å². The number of rotatable bonds is 5. The normalized spacial score (nSPS) is 23.1. The SMILES string of the molecule is CCN(C)C(=O)C(C)NC1CCN(C(C)C)C1. The maximum absolute atomic E-state index is 11.9. The van der Waals surface area contributed by atoms with Gasteiger partial charge in [-0.15, -0.1) is 0 Å². The average molecular weight is 241 g/mol. The Morgan fingerprint density at radius 1 is 1.47 bits per heavy atom. The molecule has 2 unspecified atom stereocenters. The van der Waals surface area contributed by atoms with Crippen LogP contribution < -0.4 is 5.32 Å². The van der Waals surface area contributed by atoms with E-state index in [1.807, 2.05) is 20.9 Å². The van der Waals surface area contributed by atoms with Crippen LogP contribution in [-0.2, 0) is 4.79 Å². The summed E-state index contributed by atoms with van der Waals surface area (Å²) >= 11 is 0. The zero-order valence-electron chi connectivity index (χ0n) is 11.9. The maximum atomic E-state index is 11.9. The number of hydrogen-bond acceptors (Lipinski definition) is 3. The Bertz CT molecular complexity index is 255. The molecule has 4 heteroatoms. The van der Waals surface area contributed by atoms with Gasteiger partial charge in [0.05, 0.1) is 6.04 Å².